The first-order valence-corrected chi connectivity index (χ1v) is 10.7. The summed E-state index contributed by atoms with van der Waals surface area (Å²) in [6, 6.07) is 17.1. The third-order valence-electron chi connectivity index (χ3n) is 5.66. The molecule has 2 aromatic carbocycles. The number of aliphatic hydroxyl groups excluding tert-OH is 1. The fourth-order valence-corrected chi connectivity index (χ4v) is 3.63. The van der Waals surface area contributed by atoms with Crippen LogP contribution in [-0.2, 0) is 16.6 Å². The molecule has 0 spiro atoms. The number of hydrogen-bond donors (Lipinski definition) is 2. The number of ether oxygens (including phenoxy) is 1. The maximum Gasteiger partial charge on any atom is 0.325 e. The van der Waals surface area contributed by atoms with Crippen molar-refractivity contribution in [3.8, 4) is 5.75 Å². The summed E-state index contributed by atoms with van der Waals surface area (Å²) in [4.78, 5) is 26.4. The van der Waals surface area contributed by atoms with Crippen LogP contribution in [0.2, 0.25) is 0 Å². The molecular weight excluding hydrogens is 392 g/mol. The van der Waals surface area contributed by atoms with Gasteiger partial charge in [0.1, 0.15) is 24.0 Å². The molecule has 0 radical (unpaired) electrons. The van der Waals surface area contributed by atoms with Crippen molar-refractivity contribution in [2.75, 3.05) is 13.2 Å². The third kappa shape index (κ3) is 5.64. The Morgan fingerprint density at radius 3 is 2.32 bits per heavy atom. The minimum atomic E-state index is -0.978. The molecule has 2 aromatic rings. The highest BCUT2D eigenvalue weighted by Gasteiger charge is 2.47. The molecule has 6 heteroatoms. The molecule has 0 unspecified atom stereocenters. The van der Waals surface area contributed by atoms with E-state index in [0.717, 1.165) is 10.5 Å². The molecule has 1 fully saturated rings. The number of nitrogens with zero attached hydrogens (tertiary/aromatic N) is 1. The number of β-amino-alcohol motifs (C(OH)–C–C–N with tert-alkyl or cyclic N) is 1. The Kier molecular flexibility index (Phi) is 6.70. The number of amides is 3. The van der Waals surface area contributed by atoms with Crippen molar-refractivity contribution in [2.45, 2.75) is 57.6 Å². The van der Waals surface area contributed by atoms with Crippen LogP contribution in [0.15, 0.2) is 54.6 Å². The summed E-state index contributed by atoms with van der Waals surface area (Å²) >= 11 is 0. The highest BCUT2D eigenvalue weighted by molar-refractivity contribution is 6.06. The number of aryl methyl sites for hydroxylation is 1. The molecule has 0 aromatic heterocycles. The van der Waals surface area contributed by atoms with Crippen LogP contribution in [0.4, 0.5) is 4.79 Å². The van der Waals surface area contributed by atoms with Crippen LogP contribution in [0, 0.1) is 0 Å². The van der Waals surface area contributed by atoms with E-state index >= 15 is 0 Å². The zero-order valence-electron chi connectivity index (χ0n) is 18.7. The lowest BCUT2D eigenvalue weighted by atomic mass is 9.87. The van der Waals surface area contributed by atoms with Gasteiger partial charge in [-0.05, 0) is 48.4 Å². The minimum Gasteiger partial charge on any atom is -0.491 e. The summed E-state index contributed by atoms with van der Waals surface area (Å²) in [5, 5.41) is 13.2. The first kappa shape index (κ1) is 22.8. The Morgan fingerprint density at radius 2 is 1.71 bits per heavy atom. The summed E-state index contributed by atoms with van der Waals surface area (Å²) in [5.41, 5.74) is 1.37. The van der Waals surface area contributed by atoms with Crippen molar-refractivity contribution < 1.29 is 19.4 Å². The quantitative estimate of drug-likeness (QED) is 0.634. The molecule has 6 nitrogen and oxygen atoms in total. The van der Waals surface area contributed by atoms with Gasteiger partial charge in [0, 0.05) is 0 Å². The number of carbonyl (C=O) groups excluding carboxylic acids is 2. The lowest BCUT2D eigenvalue weighted by Crippen LogP contribution is -2.45. The van der Waals surface area contributed by atoms with Gasteiger partial charge in [0.15, 0.2) is 0 Å². The number of aliphatic hydroxyl groups is 1. The summed E-state index contributed by atoms with van der Waals surface area (Å²) < 4.78 is 5.65. The first-order chi connectivity index (χ1) is 14.6. The van der Waals surface area contributed by atoms with Crippen LogP contribution >= 0.6 is 0 Å². The molecular formula is C25H32N2O4. The van der Waals surface area contributed by atoms with E-state index in [0.29, 0.717) is 18.6 Å². The molecule has 1 aliphatic rings. The van der Waals surface area contributed by atoms with E-state index in [1.54, 1.807) is 6.92 Å². The predicted molar refractivity (Wildman–Crippen MR) is 120 cm³/mol. The maximum atomic E-state index is 12.9. The second kappa shape index (κ2) is 9.10. The van der Waals surface area contributed by atoms with Crippen LogP contribution in [0.3, 0.4) is 0 Å². The molecule has 2 N–H and O–H groups in total. The van der Waals surface area contributed by atoms with Gasteiger partial charge in [-0.25, -0.2) is 4.79 Å². The zero-order chi connectivity index (χ0) is 22.6. The van der Waals surface area contributed by atoms with Gasteiger partial charge in [-0.1, -0.05) is 63.2 Å². The molecule has 3 rings (SSSR count). The van der Waals surface area contributed by atoms with E-state index < -0.39 is 17.7 Å². The SMILES string of the molecule is CC(C)(C)c1ccc(OC[C@@H](O)CN2C(=O)N[C@](C)(CCc3ccccc3)C2=O)cc1. The molecule has 0 saturated carbocycles. The Bertz CT molecular complexity index is 905. The van der Waals surface area contributed by atoms with Crippen LogP contribution in [-0.4, -0.2) is 46.7 Å². The van der Waals surface area contributed by atoms with Crippen molar-refractivity contribution in [1.82, 2.24) is 10.2 Å². The van der Waals surface area contributed by atoms with Crippen LogP contribution < -0.4 is 10.1 Å². The van der Waals surface area contributed by atoms with Crippen LogP contribution in [0.5, 0.6) is 5.75 Å². The van der Waals surface area contributed by atoms with E-state index in [9.17, 15) is 14.7 Å². The highest BCUT2D eigenvalue weighted by Crippen LogP contribution is 2.25. The van der Waals surface area contributed by atoms with Gasteiger partial charge >= 0.3 is 6.03 Å². The number of carbonyl (C=O) groups is 2. The van der Waals surface area contributed by atoms with Gasteiger partial charge < -0.3 is 15.2 Å². The number of imide groups is 1. The molecule has 1 saturated heterocycles. The van der Waals surface area contributed by atoms with Gasteiger partial charge in [0.2, 0.25) is 0 Å². The molecule has 166 valence electrons. The Hall–Kier alpha value is -2.86. The lowest BCUT2D eigenvalue weighted by molar-refractivity contribution is -0.132. The average Bonchev–Trinajstić information content (AvgIpc) is 2.94. The van der Waals surface area contributed by atoms with Gasteiger partial charge in [-0.3, -0.25) is 9.69 Å². The normalized spacial score (nSPS) is 20.0. The number of benzene rings is 2. The van der Waals surface area contributed by atoms with Crippen molar-refractivity contribution in [2.24, 2.45) is 0 Å². The smallest absolute Gasteiger partial charge is 0.325 e. The minimum absolute atomic E-state index is 0.00729. The fraction of sp³-hybridized carbons (Fsp3) is 0.440. The zero-order valence-corrected chi connectivity index (χ0v) is 18.7. The van der Waals surface area contributed by atoms with E-state index in [1.807, 2.05) is 54.6 Å². The van der Waals surface area contributed by atoms with Crippen LogP contribution in [0.25, 0.3) is 0 Å². The topological polar surface area (TPSA) is 78.9 Å². The number of hydrogen-bond acceptors (Lipinski definition) is 4. The largest absolute Gasteiger partial charge is 0.491 e. The standard InChI is InChI=1S/C25H32N2O4/c1-24(2,3)19-10-12-21(13-11-19)31-17-20(28)16-27-22(29)25(4,26-23(27)30)15-14-18-8-6-5-7-9-18/h5-13,20,28H,14-17H2,1-4H3,(H,26,30)/t20-,25+/m0/s1. The molecule has 3 amide bonds. The van der Waals surface area contributed by atoms with Crippen molar-refractivity contribution in [3.05, 3.63) is 65.7 Å². The molecule has 1 heterocycles. The number of rotatable bonds is 8. The Labute approximate surface area is 184 Å². The first-order valence-electron chi connectivity index (χ1n) is 10.7. The lowest BCUT2D eigenvalue weighted by Gasteiger charge is -2.23. The summed E-state index contributed by atoms with van der Waals surface area (Å²) in [5.74, 6) is 0.318. The average molecular weight is 425 g/mol. The summed E-state index contributed by atoms with van der Waals surface area (Å²) in [6.07, 6.45) is 0.187. The molecule has 0 bridgehead atoms. The van der Waals surface area contributed by atoms with Crippen molar-refractivity contribution >= 4 is 11.9 Å². The van der Waals surface area contributed by atoms with Gasteiger partial charge in [0.25, 0.3) is 5.91 Å². The van der Waals surface area contributed by atoms with E-state index in [1.165, 1.54) is 5.56 Å². The molecule has 2 atom stereocenters. The van der Waals surface area contributed by atoms with E-state index in [2.05, 4.69) is 26.1 Å². The number of urea groups is 1. The van der Waals surface area contributed by atoms with E-state index in [-0.39, 0.29) is 24.5 Å². The van der Waals surface area contributed by atoms with E-state index in [4.69, 9.17) is 4.74 Å². The second-order valence-corrected chi connectivity index (χ2v) is 9.40. The van der Waals surface area contributed by atoms with Gasteiger partial charge in [-0.15, -0.1) is 0 Å². The summed E-state index contributed by atoms with van der Waals surface area (Å²) in [7, 11) is 0. The monoisotopic (exact) mass is 424 g/mol. The predicted octanol–water partition coefficient (Wildman–Crippen LogP) is 3.67. The fourth-order valence-electron chi connectivity index (χ4n) is 3.63. The van der Waals surface area contributed by atoms with Gasteiger partial charge in [0.05, 0.1) is 6.54 Å². The third-order valence-corrected chi connectivity index (χ3v) is 5.66. The number of nitrogens with one attached hydrogen (secondary N) is 1. The van der Waals surface area contributed by atoms with Crippen molar-refractivity contribution in [3.63, 3.8) is 0 Å². The Balaban J connectivity index is 1.53. The van der Waals surface area contributed by atoms with Crippen molar-refractivity contribution in [1.29, 1.82) is 0 Å². The Morgan fingerprint density at radius 1 is 1.06 bits per heavy atom. The molecule has 1 aliphatic heterocycles. The van der Waals surface area contributed by atoms with Gasteiger partial charge in [-0.2, -0.15) is 0 Å². The second-order valence-electron chi connectivity index (χ2n) is 9.40. The van der Waals surface area contributed by atoms with Crippen LogP contribution in [0.1, 0.15) is 45.2 Å². The molecule has 31 heavy (non-hydrogen) atoms. The maximum absolute atomic E-state index is 12.9. The molecule has 0 aliphatic carbocycles. The summed E-state index contributed by atoms with van der Waals surface area (Å²) in [6.45, 7) is 8.03. The highest BCUT2D eigenvalue weighted by atomic mass is 16.5.